The highest BCUT2D eigenvalue weighted by Gasteiger charge is 2.14. The summed E-state index contributed by atoms with van der Waals surface area (Å²) in [7, 11) is 0. The lowest BCUT2D eigenvalue weighted by Crippen LogP contribution is -2.32. The van der Waals surface area contributed by atoms with Crippen LogP contribution in [0.15, 0.2) is 31.0 Å². The monoisotopic (exact) mass is 381 g/mol. The van der Waals surface area contributed by atoms with E-state index in [9.17, 15) is 0 Å². The number of imidazole rings is 1. The van der Waals surface area contributed by atoms with Gasteiger partial charge in [-0.3, -0.25) is 0 Å². The predicted octanol–water partition coefficient (Wildman–Crippen LogP) is 0.845. The van der Waals surface area contributed by atoms with Crippen LogP contribution in [0.2, 0.25) is 0 Å². The highest BCUT2D eigenvalue weighted by molar-refractivity contribution is 5.60. The molecule has 0 bridgehead atoms. The van der Waals surface area contributed by atoms with Crippen LogP contribution in [0.25, 0.3) is 0 Å². The van der Waals surface area contributed by atoms with Crippen molar-refractivity contribution < 1.29 is 28.5 Å². The van der Waals surface area contributed by atoms with Gasteiger partial charge in [0.05, 0.1) is 45.6 Å². The SMILES string of the molecule is CCCC1C=C[N+](CCOCCOCCOCCn2cc[n+](CCO)c2)=C1. The number of aliphatic hydroxyl groups is 1. The van der Waals surface area contributed by atoms with Crippen molar-refractivity contribution in [2.45, 2.75) is 32.9 Å². The molecule has 0 saturated carbocycles. The number of ether oxygens (including phenoxy) is 3. The highest BCUT2D eigenvalue weighted by atomic mass is 16.5. The van der Waals surface area contributed by atoms with Crippen molar-refractivity contribution in [2.75, 3.05) is 52.8 Å². The minimum absolute atomic E-state index is 0.152. The first-order chi connectivity index (χ1) is 13.3. The van der Waals surface area contributed by atoms with E-state index in [-0.39, 0.29) is 6.61 Å². The first-order valence-corrected chi connectivity index (χ1v) is 9.99. The standard InChI is InChI=1S/C20H35N3O4/c1-2-3-20-4-5-21(18-20)9-12-25-14-16-27-17-15-26-13-10-23-7-6-22(19-23)8-11-24/h4-7,18-20,24H,2-3,8-17H2,1H3/q+2. The van der Waals surface area contributed by atoms with Gasteiger partial charge in [0.25, 0.3) is 0 Å². The molecule has 1 unspecified atom stereocenters. The molecule has 1 aromatic rings. The summed E-state index contributed by atoms with van der Waals surface area (Å²) in [4.78, 5) is 0. The van der Waals surface area contributed by atoms with Crippen LogP contribution in [-0.4, -0.2) is 73.3 Å². The van der Waals surface area contributed by atoms with E-state index in [0.29, 0.717) is 52.1 Å². The summed E-state index contributed by atoms with van der Waals surface area (Å²) < 4.78 is 22.9. The van der Waals surface area contributed by atoms with Gasteiger partial charge in [-0.05, 0) is 12.5 Å². The number of hydrogen-bond donors (Lipinski definition) is 1. The largest absolute Gasteiger partial charge is 0.392 e. The average molecular weight is 382 g/mol. The van der Waals surface area contributed by atoms with Gasteiger partial charge < -0.3 is 19.3 Å². The molecular formula is C20H35N3O4+2. The van der Waals surface area contributed by atoms with E-state index in [2.05, 4.69) is 30.0 Å². The molecule has 1 aliphatic rings. The van der Waals surface area contributed by atoms with Gasteiger partial charge in [-0.25, -0.2) is 13.7 Å². The topological polar surface area (TPSA) is 59.7 Å². The van der Waals surface area contributed by atoms with Gasteiger partial charge in [0, 0.05) is 0 Å². The molecule has 0 aliphatic carbocycles. The first kappa shape index (κ1) is 21.8. The number of allylic oxidation sites excluding steroid dienone is 1. The molecule has 1 N–H and O–H groups in total. The van der Waals surface area contributed by atoms with Gasteiger partial charge in [0.2, 0.25) is 6.33 Å². The maximum atomic E-state index is 8.89. The Kier molecular flexibility index (Phi) is 11.0. The van der Waals surface area contributed by atoms with Crippen LogP contribution in [0, 0.1) is 5.92 Å². The van der Waals surface area contributed by atoms with Crippen LogP contribution in [0.5, 0.6) is 0 Å². The van der Waals surface area contributed by atoms with E-state index < -0.39 is 0 Å². The summed E-state index contributed by atoms with van der Waals surface area (Å²) in [5.74, 6) is 0.595. The van der Waals surface area contributed by atoms with E-state index >= 15 is 0 Å². The Labute approximate surface area is 162 Å². The fourth-order valence-electron chi connectivity index (χ4n) is 2.92. The summed E-state index contributed by atoms with van der Waals surface area (Å²) in [6, 6.07) is 0. The Balaban J connectivity index is 1.36. The Morgan fingerprint density at radius 2 is 1.74 bits per heavy atom. The van der Waals surface area contributed by atoms with E-state index in [0.717, 1.165) is 13.1 Å². The van der Waals surface area contributed by atoms with Crippen LogP contribution >= 0.6 is 0 Å². The summed E-state index contributed by atoms with van der Waals surface area (Å²) >= 11 is 0. The molecule has 7 nitrogen and oxygen atoms in total. The molecule has 2 heterocycles. The maximum absolute atomic E-state index is 8.89. The Morgan fingerprint density at radius 3 is 2.48 bits per heavy atom. The second kappa shape index (κ2) is 13.6. The molecule has 2 rings (SSSR count). The lowest BCUT2D eigenvalue weighted by molar-refractivity contribution is -0.697. The predicted molar refractivity (Wildman–Crippen MR) is 103 cm³/mol. The van der Waals surface area contributed by atoms with Crippen LogP contribution in [0.1, 0.15) is 19.8 Å². The molecule has 0 amide bonds. The molecule has 27 heavy (non-hydrogen) atoms. The molecule has 1 aromatic heterocycles. The van der Waals surface area contributed by atoms with Gasteiger partial charge >= 0.3 is 0 Å². The normalized spacial score (nSPS) is 16.2. The van der Waals surface area contributed by atoms with E-state index in [1.54, 1.807) is 0 Å². The number of hydrogen-bond acceptors (Lipinski definition) is 4. The zero-order valence-corrected chi connectivity index (χ0v) is 16.5. The zero-order valence-electron chi connectivity index (χ0n) is 16.5. The van der Waals surface area contributed by atoms with Crippen molar-refractivity contribution in [3.8, 4) is 0 Å². The minimum Gasteiger partial charge on any atom is -0.392 e. The smallest absolute Gasteiger partial charge is 0.243 e. The van der Waals surface area contributed by atoms with Gasteiger partial charge in [-0.1, -0.05) is 13.3 Å². The summed E-state index contributed by atoms with van der Waals surface area (Å²) in [6.45, 7) is 8.43. The quantitative estimate of drug-likeness (QED) is 0.341. The van der Waals surface area contributed by atoms with E-state index in [1.807, 2.05) is 27.9 Å². The second-order valence-corrected chi connectivity index (χ2v) is 6.63. The summed E-state index contributed by atoms with van der Waals surface area (Å²) in [5.41, 5.74) is 0. The van der Waals surface area contributed by atoms with Gasteiger partial charge in [-0.2, -0.15) is 0 Å². The Bertz CT molecular complexity index is 571. The molecular weight excluding hydrogens is 346 g/mol. The van der Waals surface area contributed by atoms with E-state index in [4.69, 9.17) is 19.3 Å². The highest BCUT2D eigenvalue weighted by Crippen LogP contribution is 2.09. The van der Waals surface area contributed by atoms with Crippen LogP contribution in [0.4, 0.5) is 0 Å². The van der Waals surface area contributed by atoms with Crippen molar-refractivity contribution in [3.63, 3.8) is 0 Å². The number of rotatable bonds is 16. The number of aromatic nitrogens is 2. The van der Waals surface area contributed by atoms with Crippen molar-refractivity contribution >= 4 is 6.21 Å². The second-order valence-electron chi connectivity index (χ2n) is 6.63. The number of nitrogens with zero attached hydrogens (tertiary/aromatic N) is 3. The summed E-state index contributed by atoms with van der Waals surface area (Å²) in [6.07, 6.45) is 15.0. The maximum Gasteiger partial charge on any atom is 0.243 e. The number of aliphatic hydroxyl groups excluding tert-OH is 1. The third kappa shape index (κ3) is 9.28. The van der Waals surface area contributed by atoms with Gasteiger partial charge in [0.1, 0.15) is 32.1 Å². The molecule has 0 spiro atoms. The molecule has 0 aromatic carbocycles. The average Bonchev–Trinajstić information content (AvgIpc) is 3.30. The molecule has 152 valence electrons. The Morgan fingerprint density at radius 1 is 1.00 bits per heavy atom. The summed E-state index contributed by atoms with van der Waals surface area (Å²) in [5, 5.41) is 8.89. The lowest BCUT2D eigenvalue weighted by Gasteiger charge is -2.05. The van der Waals surface area contributed by atoms with Crippen molar-refractivity contribution in [3.05, 3.63) is 31.0 Å². The van der Waals surface area contributed by atoms with Crippen molar-refractivity contribution in [2.24, 2.45) is 5.92 Å². The van der Waals surface area contributed by atoms with Crippen molar-refractivity contribution in [1.29, 1.82) is 0 Å². The minimum atomic E-state index is 0.152. The van der Waals surface area contributed by atoms with E-state index in [1.165, 1.54) is 12.8 Å². The molecule has 1 aliphatic heterocycles. The first-order valence-electron chi connectivity index (χ1n) is 9.99. The third-order valence-electron chi connectivity index (χ3n) is 4.37. The fraction of sp³-hybridized carbons (Fsp3) is 0.700. The van der Waals surface area contributed by atoms with Gasteiger partial charge in [-0.15, -0.1) is 0 Å². The van der Waals surface area contributed by atoms with Crippen LogP contribution in [0.3, 0.4) is 0 Å². The molecule has 7 heteroatoms. The van der Waals surface area contributed by atoms with Crippen molar-refractivity contribution in [1.82, 2.24) is 4.57 Å². The van der Waals surface area contributed by atoms with Crippen LogP contribution in [-0.2, 0) is 27.3 Å². The lowest BCUT2D eigenvalue weighted by atomic mass is 10.1. The zero-order chi connectivity index (χ0) is 19.2. The molecule has 0 radical (unpaired) electrons. The third-order valence-corrected chi connectivity index (χ3v) is 4.37. The molecule has 0 fully saturated rings. The molecule has 1 atom stereocenters. The van der Waals surface area contributed by atoms with Gasteiger partial charge in [0.15, 0.2) is 19.0 Å². The van der Waals surface area contributed by atoms with Crippen LogP contribution < -0.4 is 4.57 Å². The Hall–Kier alpha value is -1.54. The molecule has 0 saturated heterocycles. The fourth-order valence-corrected chi connectivity index (χ4v) is 2.92.